The van der Waals surface area contributed by atoms with Crippen LogP contribution in [0.4, 0.5) is 0 Å². The number of aromatic nitrogens is 4. The Bertz CT molecular complexity index is 628. The van der Waals surface area contributed by atoms with Crippen molar-refractivity contribution >= 4 is 10.0 Å². The van der Waals surface area contributed by atoms with Crippen LogP contribution >= 0.6 is 0 Å². The molecule has 98 valence electrons. The van der Waals surface area contributed by atoms with E-state index in [-0.39, 0.29) is 4.90 Å². The minimum Gasteiger partial charge on any atom is -0.281 e. The van der Waals surface area contributed by atoms with Gasteiger partial charge in [0.15, 0.2) is 0 Å². The number of aromatic amines is 1. The van der Waals surface area contributed by atoms with Gasteiger partial charge in [-0.05, 0) is 13.0 Å². The maximum atomic E-state index is 11.9. The van der Waals surface area contributed by atoms with Crippen LogP contribution in [-0.2, 0) is 23.5 Å². The molecule has 0 aromatic carbocycles. The van der Waals surface area contributed by atoms with E-state index in [4.69, 9.17) is 0 Å². The first-order valence-electron chi connectivity index (χ1n) is 5.47. The van der Waals surface area contributed by atoms with Gasteiger partial charge in [-0.1, -0.05) is 0 Å². The first kappa shape index (κ1) is 12.8. The molecule has 0 bridgehead atoms. The standard InChI is InChI=1S/C10H15N5O2S/c1-8-10(7-11-13-8)18(16,17)12-5-3-9-4-6-15(2)14-9/h4,6-7,12H,3,5H2,1-2H3,(H,11,13). The summed E-state index contributed by atoms with van der Waals surface area (Å²) in [5, 5.41) is 10.5. The summed E-state index contributed by atoms with van der Waals surface area (Å²) in [6, 6.07) is 1.86. The van der Waals surface area contributed by atoms with E-state index in [2.05, 4.69) is 20.0 Å². The summed E-state index contributed by atoms with van der Waals surface area (Å²) >= 11 is 0. The van der Waals surface area contributed by atoms with Crippen LogP contribution in [0, 0.1) is 6.92 Å². The van der Waals surface area contributed by atoms with Crippen molar-refractivity contribution in [3.05, 3.63) is 29.8 Å². The molecular formula is C10H15N5O2S. The van der Waals surface area contributed by atoms with Gasteiger partial charge in [0.25, 0.3) is 0 Å². The van der Waals surface area contributed by atoms with Crippen LogP contribution in [0.1, 0.15) is 11.4 Å². The second kappa shape index (κ2) is 4.91. The van der Waals surface area contributed by atoms with E-state index in [1.54, 1.807) is 11.6 Å². The molecule has 0 fully saturated rings. The number of nitrogens with one attached hydrogen (secondary N) is 2. The van der Waals surface area contributed by atoms with E-state index in [0.29, 0.717) is 18.7 Å². The van der Waals surface area contributed by atoms with Gasteiger partial charge >= 0.3 is 0 Å². The van der Waals surface area contributed by atoms with Crippen LogP contribution in [0.2, 0.25) is 0 Å². The van der Waals surface area contributed by atoms with Gasteiger partial charge in [0.05, 0.1) is 17.6 Å². The van der Waals surface area contributed by atoms with Crippen molar-refractivity contribution < 1.29 is 8.42 Å². The molecule has 8 heteroatoms. The predicted molar refractivity (Wildman–Crippen MR) is 65.4 cm³/mol. The molecule has 0 amide bonds. The third-order valence-electron chi connectivity index (χ3n) is 2.52. The molecule has 0 radical (unpaired) electrons. The Kier molecular flexibility index (Phi) is 3.48. The van der Waals surface area contributed by atoms with Gasteiger partial charge in [-0.2, -0.15) is 10.2 Å². The molecule has 18 heavy (non-hydrogen) atoms. The maximum absolute atomic E-state index is 11.9. The van der Waals surface area contributed by atoms with E-state index in [9.17, 15) is 8.42 Å². The number of rotatable bonds is 5. The number of hydrogen-bond donors (Lipinski definition) is 2. The molecule has 2 heterocycles. The van der Waals surface area contributed by atoms with Gasteiger partial charge in [0.1, 0.15) is 4.90 Å². The summed E-state index contributed by atoms with van der Waals surface area (Å²) in [5.74, 6) is 0. The molecule has 0 saturated heterocycles. The van der Waals surface area contributed by atoms with Gasteiger partial charge < -0.3 is 0 Å². The van der Waals surface area contributed by atoms with Crippen LogP contribution in [0.3, 0.4) is 0 Å². The fourth-order valence-corrected chi connectivity index (χ4v) is 2.76. The third kappa shape index (κ3) is 2.77. The zero-order valence-electron chi connectivity index (χ0n) is 10.2. The average molecular weight is 269 g/mol. The van der Waals surface area contributed by atoms with E-state index in [0.717, 1.165) is 5.69 Å². The summed E-state index contributed by atoms with van der Waals surface area (Å²) in [4.78, 5) is 0.184. The smallest absolute Gasteiger partial charge is 0.243 e. The predicted octanol–water partition coefficient (Wildman–Crippen LogP) is -0.0274. The normalized spacial score (nSPS) is 11.9. The molecule has 2 aromatic rings. The van der Waals surface area contributed by atoms with Crippen molar-refractivity contribution in [1.82, 2.24) is 24.7 Å². The van der Waals surface area contributed by atoms with Crippen LogP contribution in [-0.4, -0.2) is 34.9 Å². The van der Waals surface area contributed by atoms with E-state index < -0.39 is 10.0 Å². The molecule has 0 aliphatic heterocycles. The third-order valence-corrected chi connectivity index (χ3v) is 4.09. The number of H-pyrrole nitrogens is 1. The number of sulfonamides is 1. The Balaban J connectivity index is 1.96. The molecule has 0 aliphatic rings. The molecule has 0 aliphatic carbocycles. The highest BCUT2D eigenvalue weighted by atomic mass is 32.2. The summed E-state index contributed by atoms with van der Waals surface area (Å²) in [6.07, 6.45) is 3.68. The first-order valence-corrected chi connectivity index (χ1v) is 6.95. The Morgan fingerprint density at radius 2 is 2.28 bits per heavy atom. The lowest BCUT2D eigenvalue weighted by Gasteiger charge is -2.04. The summed E-state index contributed by atoms with van der Waals surface area (Å²) in [7, 11) is -1.67. The monoisotopic (exact) mass is 269 g/mol. The van der Waals surface area contributed by atoms with Gasteiger partial charge in [-0.3, -0.25) is 9.78 Å². The molecule has 2 rings (SSSR count). The van der Waals surface area contributed by atoms with Gasteiger partial charge in [0, 0.05) is 26.2 Å². The fourth-order valence-electron chi connectivity index (χ4n) is 1.60. The van der Waals surface area contributed by atoms with Crippen LogP contribution in [0.15, 0.2) is 23.4 Å². The Morgan fingerprint density at radius 1 is 1.50 bits per heavy atom. The van der Waals surface area contributed by atoms with E-state index in [1.165, 1.54) is 6.20 Å². The second-order valence-electron chi connectivity index (χ2n) is 3.99. The minimum absolute atomic E-state index is 0.184. The average Bonchev–Trinajstić information content (AvgIpc) is 2.87. The molecule has 0 spiro atoms. The summed E-state index contributed by atoms with van der Waals surface area (Å²) in [6.45, 7) is 1.98. The number of aryl methyl sites for hydroxylation is 2. The lowest BCUT2D eigenvalue weighted by atomic mass is 10.3. The van der Waals surface area contributed by atoms with E-state index in [1.807, 2.05) is 19.3 Å². The van der Waals surface area contributed by atoms with Crippen molar-refractivity contribution in [2.75, 3.05) is 6.54 Å². The number of nitrogens with zero attached hydrogens (tertiary/aromatic N) is 3. The second-order valence-corrected chi connectivity index (χ2v) is 5.72. The minimum atomic E-state index is -3.49. The molecule has 0 saturated carbocycles. The number of hydrogen-bond acceptors (Lipinski definition) is 4. The zero-order valence-corrected chi connectivity index (χ0v) is 11.0. The summed E-state index contributed by atoms with van der Waals surface area (Å²) in [5.41, 5.74) is 1.38. The van der Waals surface area contributed by atoms with Crippen LogP contribution in [0.5, 0.6) is 0 Å². The van der Waals surface area contributed by atoms with Crippen molar-refractivity contribution in [2.45, 2.75) is 18.2 Å². The Labute approximate surface area is 105 Å². The lowest BCUT2D eigenvalue weighted by molar-refractivity contribution is 0.580. The SMILES string of the molecule is Cc1[nH]ncc1S(=O)(=O)NCCc1ccn(C)n1. The first-order chi connectivity index (χ1) is 8.49. The summed E-state index contributed by atoms with van der Waals surface area (Å²) < 4.78 is 28.0. The quantitative estimate of drug-likeness (QED) is 0.797. The Hall–Kier alpha value is -1.67. The molecular weight excluding hydrogens is 254 g/mol. The van der Waals surface area contributed by atoms with Crippen molar-refractivity contribution in [1.29, 1.82) is 0 Å². The van der Waals surface area contributed by atoms with Gasteiger partial charge in [-0.25, -0.2) is 13.1 Å². The van der Waals surface area contributed by atoms with Crippen molar-refractivity contribution in [3.63, 3.8) is 0 Å². The van der Waals surface area contributed by atoms with Gasteiger partial charge in [0.2, 0.25) is 10.0 Å². The molecule has 0 unspecified atom stereocenters. The zero-order chi connectivity index (χ0) is 13.2. The topological polar surface area (TPSA) is 92.7 Å². The highest BCUT2D eigenvalue weighted by Gasteiger charge is 2.17. The largest absolute Gasteiger partial charge is 0.281 e. The molecule has 0 atom stereocenters. The van der Waals surface area contributed by atoms with Crippen LogP contribution < -0.4 is 4.72 Å². The van der Waals surface area contributed by atoms with Crippen molar-refractivity contribution in [2.24, 2.45) is 7.05 Å². The van der Waals surface area contributed by atoms with E-state index >= 15 is 0 Å². The van der Waals surface area contributed by atoms with Crippen molar-refractivity contribution in [3.8, 4) is 0 Å². The van der Waals surface area contributed by atoms with Crippen LogP contribution in [0.25, 0.3) is 0 Å². The highest BCUT2D eigenvalue weighted by molar-refractivity contribution is 7.89. The van der Waals surface area contributed by atoms with Gasteiger partial charge in [-0.15, -0.1) is 0 Å². The Morgan fingerprint density at radius 3 is 2.83 bits per heavy atom. The molecule has 7 nitrogen and oxygen atoms in total. The maximum Gasteiger partial charge on any atom is 0.243 e. The molecule has 2 aromatic heterocycles. The fraction of sp³-hybridized carbons (Fsp3) is 0.400. The lowest BCUT2D eigenvalue weighted by Crippen LogP contribution is -2.26. The highest BCUT2D eigenvalue weighted by Crippen LogP contribution is 2.10. The molecule has 2 N–H and O–H groups in total.